The molecule has 0 saturated carbocycles. The number of nitrogens with one attached hydrogen (secondary N) is 1. The fourth-order valence-corrected chi connectivity index (χ4v) is 5.31. The molecule has 31 heavy (non-hydrogen) atoms. The van der Waals surface area contributed by atoms with Crippen molar-refractivity contribution in [2.24, 2.45) is 0 Å². The maximum absolute atomic E-state index is 13.7. The Kier molecular flexibility index (Phi) is 4.53. The molecule has 2 aromatic carbocycles. The molecule has 5 rings (SSSR count). The van der Waals surface area contributed by atoms with Gasteiger partial charge in [-0.1, -0.05) is 41.6 Å². The van der Waals surface area contributed by atoms with Gasteiger partial charge in [-0.3, -0.25) is 9.69 Å². The standard InChI is InChI=1S/C25H27N3O3/c1-16-22(17(2)31-27-16)18-10-11-21-20(14-18)25(23(29)26-21,19-8-5-4-6-9-19)28-13-7-12-24(3,30)15-28/h4-6,8-11,14,30H,7,12-13,15H2,1-3H3,(H,26,29)/t24-,25?/m1/s1. The Labute approximate surface area is 181 Å². The van der Waals surface area contributed by atoms with Crippen LogP contribution in [0.3, 0.4) is 0 Å². The summed E-state index contributed by atoms with van der Waals surface area (Å²) in [6.45, 7) is 6.83. The molecule has 0 spiro atoms. The topological polar surface area (TPSA) is 78.6 Å². The first kappa shape index (κ1) is 20.0. The number of hydrogen-bond donors (Lipinski definition) is 2. The Morgan fingerprint density at radius 1 is 1.16 bits per heavy atom. The fourth-order valence-electron chi connectivity index (χ4n) is 5.31. The predicted molar refractivity (Wildman–Crippen MR) is 119 cm³/mol. The third-order valence-corrected chi connectivity index (χ3v) is 6.65. The van der Waals surface area contributed by atoms with E-state index < -0.39 is 11.1 Å². The van der Waals surface area contributed by atoms with Gasteiger partial charge >= 0.3 is 0 Å². The van der Waals surface area contributed by atoms with E-state index in [-0.39, 0.29) is 5.91 Å². The molecule has 3 aromatic rings. The van der Waals surface area contributed by atoms with Gasteiger partial charge in [0.25, 0.3) is 5.91 Å². The van der Waals surface area contributed by atoms with Crippen LogP contribution < -0.4 is 5.32 Å². The smallest absolute Gasteiger partial charge is 0.254 e. The summed E-state index contributed by atoms with van der Waals surface area (Å²) in [7, 11) is 0. The highest BCUT2D eigenvalue weighted by molar-refractivity contribution is 6.09. The van der Waals surface area contributed by atoms with Crippen molar-refractivity contribution >= 4 is 11.6 Å². The summed E-state index contributed by atoms with van der Waals surface area (Å²) in [5, 5.41) is 18.1. The van der Waals surface area contributed by atoms with E-state index in [0.29, 0.717) is 6.54 Å². The van der Waals surface area contributed by atoms with Crippen molar-refractivity contribution in [3.63, 3.8) is 0 Å². The van der Waals surface area contributed by atoms with E-state index in [4.69, 9.17) is 4.52 Å². The number of rotatable bonds is 3. The maximum atomic E-state index is 13.7. The molecule has 2 aliphatic heterocycles. The molecule has 2 N–H and O–H groups in total. The largest absolute Gasteiger partial charge is 0.389 e. The highest BCUT2D eigenvalue weighted by atomic mass is 16.5. The van der Waals surface area contributed by atoms with Gasteiger partial charge in [0.2, 0.25) is 0 Å². The van der Waals surface area contributed by atoms with Gasteiger partial charge in [0.05, 0.1) is 11.3 Å². The molecule has 6 heteroatoms. The van der Waals surface area contributed by atoms with Gasteiger partial charge in [0.15, 0.2) is 5.54 Å². The first-order chi connectivity index (χ1) is 14.8. The Morgan fingerprint density at radius 3 is 2.61 bits per heavy atom. The Bertz CT molecular complexity index is 1130. The molecule has 160 valence electrons. The van der Waals surface area contributed by atoms with Crippen molar-refractivity contribution in [1.29, 1.82) is 0 Å². The van der Waals surface area contributed by atoms with Crippen LogP contribution in [-0.4, -0.2) is 39.8 Å². The number of fused-ring (bicyclic) bond motifs is 1. The third kappa shape index (κ3) is 3.01. The number of β-amino-alcohol motifs (C(OH)–C–C–N with tert-alkyl or cyclic N) is 1. The Morgan fingerprint density at radius 2 is 1.94 bits per heavy atom. The Hall–Kier alpha value is -2.96. The van der Waals surface area contributed by atoms with Gasteiger partial charge in [0.1, 0.15) is 5.76 Å². The van der Waals surface area contributed by atoms with Gasteiger partial charge < -0.3 is 14.9 Å². The van der Waals surface area contributed by atoms with Crippen molar-refractivity contribution in [3.05, 3.63) is 71.1 Å². The second-order valence-electron chi connectivity index (χ2n) is 9.01. The number of carbonyl (C=O) groups is 1. The molecule has 0 radical (unpaired) electrons. The van der Waals surface area contributed by atoms with Crippen LogP contribution in [0.2, 0.25) is 0 Å². The first-order valence-electron chi connectivity index (χ1n) is 10.7. The lowest BCUT2D eigenvalue weighted by Gasteiger charge is -2.46. The minimum absolute atomic E-state index is 0.0812. The molecule has 1 unspecified atom stereocenters. The van der Waals surface area contributed by atoms with E-state index >= 15 is 0 Å². The van der Waals surface area contributed by atoms with Gasteiger partial charge in [-0.05, 0) is 56.9 Å². The van der Waals surface area contributed by atoms with E-state index in [9.17, 15) is 9.90 Å². The van der Waals surface area contributed by atoms with Crippen molar-refractivity contribution < 1.29 is 14.4 Å². The van der Waals surface area contributed by atoms with E-state index in [1.165, 1.54) is 0 Å². The molecular formula is C25H27N3O3. The summed E-state index contributed by atoms with van der Waals surface area (Å²) in [4.78, 5) is 15.9. The highest BCUT2D eigenvalue weighted by Gasteiger charge is 2.54. The van der Waals surface area contributed by atoms with E-state index in [0.717, 1.165) is 58.8 Å². The van der Waals surface area contributed by atoms with Crippen LogP contribution in [0.1, 0.15) is 42.3 Å². The quantitative estimate of drug-likeness (QED) is 0.673. The van der Waals surface area contributed by atoms with Crippen LogP contribution in [0.4, 0.5) is 5.69 Å². The second kappa shape index (κ2) is 7.04. The third-order valence-electron chi connectivity index (χ3n) is 6.65. The molecule has 2 aliphatic rings. The molecule has 1 aromatic heterocycles. The average molecular weight is 418 g/mol. The number of nitrogens with zero attached hydrogens (tertiary/aromatic N) is 2. The molecule has 2 atom stereocenters. The number of benzene rings is 2. The lowest BCUT2D eigenvalue weighted by molar-refractivity contribution is -0.129. The second-order valence-corrected chi connectivity index (χ2v) is 9.01. The van der Waals surface area contributed by atoms with Crippen LogP contribution in [0.15, 0.2) is 53.1 Å². The average Bonchev–Trinajstić information content (AvgIpc) is 3.23. The van der Waals surface area contributed by atoms with E-state index in [1.54, 1.807) is 0 Å². The number of piperidine rings is 1. The zero-order valence-electron chi connectivity index (χ0n) is 18.1. The normalized spacial score (nSPS) is 26.0. The molecule has 1 fully saturated rings. The zero-order valence-corrected chi connectivity index (χ0v) is 18.1. The SMILES string of the molecule is Cc1noc(C)c1-c1ccc2c(c1)C(c1ccccc1)(N1CCC[C@@](C)(O)C1)C(=O)N2. The summed E-state index contributed by atoms with van der Waals surface area (Å²) < 4.78 is 5.39. The molecule has 3 heterocycles. The lowest BCUT2D eigenvalue weighted by Crippen LogP contribution is -2.59. The number of hydrogen-bond acceptors (Lipinski definition) is 5. The fraction of sp³-hybridized carbons (Fsp3) is 0.360. The van der Waals surface area contributed by atoms with Gasteiger partial charge in [-0.15, -0.1) is 0 Å². The number of aryl methyl sites for hydroxylation is 2. The highest BCUT2D eigenvalue weighted by Crippen LogP contribution is 2.48. The molecule has 6 nitrogen and oxygen atoms in total. The van der Waals surface area contributed by atoms with Crippen LogP contribution in [0.5, 0.6) is 0 Å². The van der Waals surface area contributed by atoms with Gasteiger partial charge in [-0.25, -0.2) is 0 Å². The van der Waals surface area contributed by atoms with Crippen LogP contribution in [0, 0.1) is 13.8 Å². The van der Waals surface area contributed by atoms with Crippen LogP contribution in [-0.2, 0) is 10.3 Å². The monoisotopic (exact) mass is 417 g/mol. The summed E-state index contributed by atoms with van der Waals surface area (Å²) in [6, 6.07) is 15.9. The molecule has 0 bridgehead atoms. The molecular weight excluding hydrogens is 390 g/mol. The van der Waals surface area contributed by atoms with E-state index in [2.05, 4.69) is 21.4 Å². The number of amides is 1. The zero-order chi connectivity index (χ0) is 21.8. The number of carbonyl (C=O) groups excluding carboxylic acids is 1. The molecule has 1 saturated heterocycles. The Balaban J connectivity index is 1.75. The van der Waals surface area contributed by atoms with Gasteiger partial charge in [-0.2, -0.15) is 0 Å². The summed E-state index contributed by atoms with van der Waals surface area (Å²) in [6.07, 6.45) is 1.55. The maximum Gasteiger partial charge on any atom is 0.254 e. The summed E-state index contributed by atoms with van der Waals surface area (Å²) in [5.74, 6) is 0.670. The summed E-state index contributed by atoms with van der Waals surface area (Å²) in [5.41, 5.74) is 3.50. The van der Waals surface area contributed by atoms with Crippen molar-refractivity contribution in [1.82, 2.24) is 10.1 Å². The number of anilines is 1. The molecule has 0 aliphatic carbocycles. The minimum atomic E-state index is -1.00. The number of aromatic nitrogens is 1. The predicted octanol–water partition coefficient (Wildman–Crippen LogP) is 4.00. The van der Waals surface area contributed by atoms with Crippen molar-refractivity contribution in [2.75, 3.05) is 18.4 Å². The molecule has 1 amide bonds. The minimum Gasteiger partial charge on any atom is -0.389 e. The van der Waals surface area contributed by atoms with Gasteiger partial charge in [0, 0.05) is 29.9 Å². The van der Waals surface area contributed by atoms with Crippen molar-refractivity contribution in [3.8, 4) is 11.1 Å². The summed E-state index contributed by atoms with van der Waals surface area (Å²) >= 11 is 0. The number of likely N-dealkylation sites (tertiary alicyclic amines) is 1. The van der Waals surface area contributed by atoms with E-state index in [1.807, 2.05) is 63.2 Å². The lowest BCUT2D eigenvalue weighted by atomic mass is 9.78. The van der Waals surface area contributed by atoms with Crippen LogP contribution >= 0.6 is 0 Å². The van der Waals surface area contributed by atoms with Crippen molar-refractivity contribution in [2.45, 2.75) is 44.8 Å². The van der Waals surface area contributed by atoms with Crippen LogP contribution in [0.25, 0.3) is 11.1 Å². The number of aliphatic hydroxyl groups is 1. The first-order valence-corrected chi connectivity index (χ1v) is 10.7.